The maximum atomic E-state index is 12.6. The summed E-state index contributed by atoms with van der Waals surface area (Å²) >= 11 is 0. The first-order valence-electron chi connectivity index (χ1n) is 15.3. The first kappa shape index (κ1) is 31.3. The molecule has 1 amide bonds. The summed E-state index contributed by atoms with van der Waals surface area (Å²) in [6, 6.07) is 16.7. The summed E-state index contributed by atoms with van der Waals surface area (Å²) in [5, 5.41) is 3.03. The molecule has 1 spiro atoms. The van der Waals surface area contributed by atoms with Crippen LogP contribution in [0.5, 0.6) is 0 Å². The number of likely N-dealkylation sites (tertiary alicyclic amines) is 1. The molecule has 1 saturated heterocycles. The van der Waals surface area contributed by atoms with Crippen LogP contribution in [0, 0.1) is 5.41 Å². The molecule has 0 bridgehead atoms. The van der Waals surface area contributed by atoms with Gasteiger partial charge in [-0.2, -0.15) is 0 Å². The highest BCUT2D eigenvalue weighted by Crippen LogP contribution is 2.55. The first-order valence-corrected chi connectivity index (χ1v) is 20.4. The average Bonchev–Trinajstić information content (AvgIpc) is 3.75. The normalized spacial score (nSPS) is 20.3. The van der Waals surface area contributed by atoms with Crippen LogP contribution in [0.3, 0.4) is 0 Å². The number of nitrogens with zero attached hydrogens (tertiary/aromatic N) is 1. The Kier molecular flexibility index (Phi) is 11.9. The SMILES string of the molecule is CC[Si](CC)(CC)O[C@@H](CNC(=O)OCc1ccccc1)CN1CCC2(CC2)[C@H](O[Si](CC)(CC)CC)C1. The quantitative estimate of drug-likeness (QED) is 0.216. The van der Waals surface area contributed by atoms with Gasteiger partial charge in [0.1, 0.15) is 6.61 Å². The van der Waals surface area contributed by atoms with Crippen molar-refractivity contribution in [3.05, 3.63) is 35.9 Å². The molecule has 1 saturated carbocycles. The Morgan fingerprint density at radius 2 is 1.55 bits per heavy atom. The van der Waals surface area contributed by atoms with Gasteiger partial charge in [0, 0.05) is 19.6 Å². The van der Waals surface area contributed by atoms with Gasteiger partial charge >= 0.3 is 6.09 Å². The van der Waals surface area contributed by atoms with Crippen LogP contribution in [0.1, 0.15) is 66.4 Å². The van der Waals surface area contributed by atoms with Crippen molar-refractivity contribution in [3.8, 4) is 0 Å². The van der Waals surface area contributed by atoms with E-state index < -0.39 is 16.6 Å². The monoisotopic (exact) mass is 562 g/mol. The first-order chi connectivity index (χ1) is 18.3. The third-order valence-electron chi connectivity index (χ3n) is 9.75. The molecule has 6 nitrogen and oxygen atoms in total. The molecule has 1 heterocycles. The Bertz CT molecular complexity index is 827. The van der Waals surface area contributed by atoms with Gasteiger partial charge in [0.25, 0.3) is 0 Å². The van der Waals surface area contributed by atoms with E-state index >= 15 is 0 Å². The molecule has 216 valence electrons. The molecule has 0 radical (unpaired) electrons. The lowest BCUT2D eigenvalue weighted by molar-refractivity contribution is 0.00242. The van der Waals surface area contributed by atoms with E-state index in [0.29, 0.717) is 18.1 Å². The zero-order valence-electron chi connectivity index (χ0n) is 25.0. The molecule has 2 aliphatic rings. The molecule has 1 aliphatic heterocycles. The number of carbonyl (C=O) groups excluding carboxylic acids is 1. The Balaban J connectivity index is 1.65. The van der Waals surface area contributed by atoms with Crippen molar-refractivity contribution in [2.45, 2.75) is 116 Å². The highest BCUT2D eigenvalue weighted by Gasteiger charge is 2.54. The van der Waals surface area contributed by atoms with Gasteiger partial charge in [0.15, 0.2) is 16.6 Å². The number of carbonyl (C=O) groups is 1. The minimum Gasteiger partial charge on any atom is -0.445 e. The summed E-state index contributed by atoms with van der Waals surface area (Å²) in [6.45, 7) is 17.5. The number of amides is 1. The predicted octanol–water partition coefficient (Wildman–Crippen LogP) is 7.18. The van der Waals surface area contributed by atoms with Gasteiger partial charge in [-0.1, -0.05) is 71.9 Å². The van der Waals surface area contributed by atoms with Crippen LogP contribution in [-0.2, 0) is 20.2 Å². The largest absolute Gasteiger partial charge is 0.445 e. The highest BCUT2D eigenvalue weighted by atomic mass is 28.4. The van der Waals surface area contributed by atoms with E-state index in [1.54, 1.807) is 0 Å². The second-order valence-corrected chi connectivity index (χ2v) is 21.1. The molecule has 1 N–H and O–H groups in total. The minimum absolute atomic E-state index is 0.0368. The molecule has 2 atom stereocenters. The molecular weight excluding hydrogens is 509 g/mol. The van der Waals surface area contributed by atoms with Crippen LogP contribution in [0.4, 0.5) is 4.79 Å². The molecule has 3 rings (SSSR count). The van der Waals surface area contributed by atoms with Gasteiger partial charge in [-0.05, 0) is 73.1 Å². The molecule has 0 aromatic heterocycles. The Morgan fingerprint density at radius 3 is 2.11 bits per heavy atom. The number of ether oxygens (including phenoxy) is 1. The van der Waals surface area contributed by atoms with Gasteiger partial charge in [-0.25, -0.2) is 4.79 Å². The second kappa shape index (κ2) is 14.4. The fourth-order valence-corrected chi connectivity index (χ4v) is 12.0. The van der Waals surface area contributed by atoms with Crippen molar-refractivity contribution in [2.24, 2.45) is 5.41 Å². The molecule has 2 fully saturated rings. The van der Waals surface area contributed by atoms with E-state index in [1.807, 2.05) is 30.3 Å². The van der Waals surface area contributed by atoms with E-state index in [-0.39, 0.29) is 18.8 Å². The number of nitrogens with one attached hydrogen (secondary N) is 1. The molecule has 8 heteroatoms. The highest BCUT2D eigenvalue weighted by molar-refractivity contribution is 6.74. The summed E-state index contributed by atoms with van der Waals surface area (Å²) in [7, 11) is -3.51. The molecular formula is C30H54N2O4Si2. The van der Waals surface area contributed by atoms with E-state index in [9.17, 15) is 4.79 Å². The van der Waals surface area contributed by atoms with Gasteiger partial charge in [-0.3, -0.25) is 4.90 Å². The number of hydrogen-bond acceptors (Lipinski definition) is 5. The maximum absolute atomic E-state index is 12.6. The summed E-state index contributed by atoms with van der Waals surface area (Å²) in [6.07, 6.45) is 3.79. The molecule has 1 aromatic rings. The number of alkyl carbamates (subject to hydrolysis) is 1. The Labute approximate surface area is 234 Å². The molecule has 0 unspecified atom stereocenters. The lowest BCUT2D eigenvalue weighted by Gasteiger charge is -2.45. The molecule has 1 aliphatic carbocycles. The smallest absolute Gasteiger partial charge is 0.407 e. The third kappa shape index (κ3) is 8.16. The van der Waals surface area contributed by atoms with Crippen molar-refractivity contribution < 1.29 is 18.4 Å². The second-order valence-electron chi connectivity index (χ2n) is 11.6. The van der Waals surface area contributed by atoms with Crippen LogP contribution < -0.4 is 5.32 Å². The Morgan fingerprint density at radius 1 is 0.947 bits per heavy atom. The fourth-order valence-electron chi connectivity index (χ4n) is 6.18. The summed E-state index contributed by atoms with van der Waals surface area (Å²) < 4.78 is 19.6. The van der Waals surface area contributed by atoms with E-state index in [2.05, 4.69) is 51.8 Å². The Hall–Kier alpha value is -1.20. The van der Waals surface area contributed by atoms with Crippen LogP contribution in [-0.4, -0.2) is 66.0 Å². The molecule has 38 heavy (non-hydrogen) atoms. The van der Waals surface area contributed by atoms with Crippen LogP contribution in [0.15, 0.2) is 30.3 Å². The van der Waals surface area contributed by atoms with Crippen molar-refractivity contribution in [1.29, 1.82) is 0 Å². The van der Waals surface area contributed by atoms with Crippen LogP contribution in [0.2, 0.25) is 36.3 Å². The zero-order chi connectivity index (χ0) is 27.7. The van der Waals surface area contributed by atoms with Gasteiger partial charge in [0.05, 0.1) is 12.2 Å². The van der Waals surface area contributed by atoms with Crippen LogP contribution in [0.25, 0.3) is 0 Å². The van der Waals surface area contributed by atoms with Crippen LogP contribution >= 0.6 is 0 Å². The lowest BCUT2D eigenvalue weighted by Crippen LogP contribution is -2.55. The van der Waals surface area contributed by atoms with Crippen molar-refractivity contribution >= 4 is 22.7 Å². The topological polar surface area (TPSA) is 60.0 Å². The van der Waals surface area contributed by atoms with E-state index in [1.165, 1.54) is 37.4 Å². The fraction of sp³-hybridized carbons (Fsp3) is 0.767. The average molecular weight is 563 g/mol. The lowest BCUT2D eigenvalue weighted by atomic mass is 9.90. The van der Waals surface area contributed by atoms with E-state index in [0.717, 1.165) is 43.3 Å². The predicted molar refractivity (Wildman–Crippen MR) is 161 cm³/mol. The van der Waals surface area contributed by atoms with Gasteiger partial charge < -0.3 is 18.9 Å². The number of hydrogen-bond donors (Lipinski definition) is 1. The summed E-state index contributed by atoms with van der Waals surface area (Å²) in [5.41, 5.74) is 1.41. The maximum Gasteiger partial charge on any atom is 0.407 e. The number of rotatable bonds is 16. The number of benzene rings is 1. The summed E-state index contributed by atoms with van der Waals surface area (Å²) in [5.74, 6) is 0. The minimum atomic E-state index is -1.84. The zero-order valence-corrected chi connectivity index (χ0v) is 27.0. The van der Waals surface area contributed by atoms with Crippen molar-refractivity contribution in [2.75, 3.05) is 26.2 Å². The van der Waals surface area contributed by atoms with Gasteiger partial charge in [-0.15, -0.1) is 0 Å². The molecule has 1 aromatic carbocycles. The van der Waals surface area contributed by atoms with E-state index in [4.69, 9.17) is 13.6 Å². The van der Waals surface area contributed by atoms with Crippen molar-refractivity contribution in [1.82, 2.24) is 10.2 Å². The standard InChI is InChI=1S/C30H54N2O4Si2/c1-7-37(8-2,9-3)35-27(22-31-29(33)34-25-26-16-14-13-15-17-26)23-32-21-20-30(18-19-30)28(24-32)36-38(10-4,11-5)12-6/h13-17,27-28H,7-12,18-25H2,1-6H3,(H,31,33)/t27-,28+/m0/s1. The van der Waals surface area contributed by atoms with Crippen molar-refractivity contribution in [3.63, 3.8) is 0 Å². The summed E-state index contributed by atoms with van der Waals surface area (Å²) in [4.78, 5) is 15.1. The van der Waals surface area contributed by atoms with Gasteiger partial charge in [0.2, 0.25) is 0 Å². The number of piperidine rings is 1. The third-order valence-corrected chi connectivity index (χ3v) is 19.1.